The Morgan fingerprint density at radius 3 is 2.54 bits per heavy atom. The second-order valence-electron chi connectivity index (χ2n) is 6.27. The Kier molecular flexibility index (Phi) is 6.03. The monoisotopic (exact) mass is 453 g/mol. The summed E-state index contributed by atoms with van der Waals surface area (Å²) in [5.74, 6) is -0.461. The number of aryl methyl sites for hydroxylation is 1. The molecule has 0 unspecified atom stereocenters. The lowest BCUT2D eigenvalue weighted by Crippen LogP contribution is -2.13. The molecule has 0 bridgehead atoms. The lowest BCUT2D eigenvalue weighted by molar-refractivity contribution is -0.112. The van der Waals surface area contributed by atoms with Gasteiger partial charge in [0.05, 0.1) is 0 Å². The number of hydrogen-bond donors (Lipinski definition) is 1. The molecule has 0 saturated carbocycles. The zero-order chi connectivity index (χ0) is 20.3. The van der Waals surface area contributed by atoms with Crippen LogP contribution in [0.1, 0.15) is 17.0 Å². The third-order valence-electron chi connectivity index (χ3n) is 4.30. The number of amides is 1. The maximum absolute atomic E-state index is 12.5. The Bertz CT molecular complexity index is 1110. The number of nitrogens with one attached hydrogen (secondary N) is 1. The van der Waals surface area contributed by atoms with E-state index in [0.717, 1.165) is 27.1 Å². The van der Waals surface area contributed by atoms with Gasteiger partial charge in [-0.1, -0.05) is 33.6 Å². The first kappa shape index (κ1) is 19.9. The van der Waals surface area contributed by atoms with Gasteiger partial charge in [0.25, 0.3) is 5.91 Å². The van der Waals surface area contributed by atoms with E-state index in [1.807, 2.05) is 50.2 Å². The van der Waals surface area contributed by atoms with Gasteiger partial charge in [-0.05, 0) is 74.0 Å². The number of nitriles is 1. The molecule has 28 heavy (non-hydrogen) atoms. The molecule has 1 aromatic heterocycles. The highest BCUT2D eigenvalue weighted by Gasteiger charge is 2.14. The fraction of sp³-hybridized carbons (Fsp3) is 0.0909. The maximum atomic E-state index is 12.5. The number of anilines is 1. The molecule has 140 valence electrons. The van der Waals surface area contributed by atoms with Gasteiger partial charge < -0.3 is 9.88 Å². The molecule has 0 atom stereocenters. The lowest BCUT2D eigenvalue weighted by Gasteiger charge is -2.10. The van der Waals surface area contributed by atoms with Gasteiger partial charge in [-0.3, -0.25) is 4.79 Å². The van der Waals surface area contributed by atoms with E-state index < -0.39 is 5.91 Å². The normalized spacial score (nSPS) is 11.2. The number of benzene rings is 2. The second kappa shape index (κ2) is 8.47. The minimum atomic E-state index is -0.461. The van der Waals surface area contributed by atoms with Crippen LogP contribution in [0.2, 0.25) is 5.02 Å². The van der Waals surface area contributed by atoms with Crippen LogP contribution >= 0.6 is 27.5 Å². The van der Waals surface area contributed by atoms with E-state index in [9.17, 15) is 10.1 Å². The van der Waals surface area contributed by atoms with Crippen LogP contribution in [-0.4, -0.2) is 10.5 Å². The van der Waals surface area contributed by atoms with Crippen LogP contribution in [0, 0.1) is 25.2 Å². The number of carbonyl (C=O) groups excluding carboxylic acids is 1. The summed E-state index contributed by atoms with van der Waals surface area (Å²) in [6, 6.07) is 18.7. The number of rotatable bonds is 4. The first-order valence-corrected chi connectivity index (χ1v) is 9.69. The van der Waals surface area contributed by atoms with Gasteiger partial charge in [-0.25, -0.2) is 0 Å². The van der Waals surface area contributed by atoms with E-state index >= 15 is 0 Å². The molecular formula is C22H17BrClN3O. The largest absolute Gasteiger partial charge is 0.321 e. The Balaban J connectivity index is 1.93. The van der Waals surface area contributed by atoms with Crippen LogP contribution in [0.3, 0.4) is 0 Å². The zero-order valence-corrected chi connectivity index (χ0v) is 17.7. The van der Waals surface area contributed by atoms with E-state index in [4.69, 9.17) is 11.6 Å². The Morgan fingerprint density at radius 2 is 1.89 bits per heavy atom. The molecule has 3 rings (SSSR count). The van der Waals surface area contributed by atoms with Crippen molar-refractivity contribution in [2.75, 3.05) is 5.32 Å². The van der Waals surface area contributed by atoms with Crippen LogP contribution in [0.25, 0.3) is 11.8 Å². The summed E-state index contributed by atoms with van der Waals surface area (Å²) in [5, 5.41) is 12.8. The molecule has 1 heterocycles. The van der Waals surface area contributed by atoms with Gasteiger partial charge in [0, 0.05) is 32.3 Å². The summed E-state index contributed by atoms with van der Waals surface area (Å²) in [7, 11) is 0. The second-order valence-corrected chi connectivity index (χ2v) is 7.62. The van der Waals surface area contributed by atoms with E-state index in [1.54, 1.807) is 30.3 Å². The summed E-state index contributed by atoms with van der Waals surface area (Å²) in [4.78, 5) is 12.5. The average Bonchev–Trinajstić information content (AvgIpc) is 2.94. The van der Waals surface area contributed by atoms with Crippen molar-refractivity contribution in [1.82, 2.24) is 4.57 Å². The highest BCUT2D eigenvalue weighted by molar-refractivity contribution is 9.10. The molecule has 0 radical (unpaired) electrons. The summed E-state index contributed by atoms with van der Waals surface area (Å²) in [6.07, 6.45) is 1.61. The quantitative estimate of drug-likeness (QED) is 0.385. The van der Waals surface area contributed by atoms with E-state index in [0.29, 0.717) is 10.7 Å². The fourth-order valence-corrected chi connectivity index (χ4v) is 3.50. The van der Waals surface area contributed by atoms with Gasteiger partial charge in [0.15, 0.2) is 0 Å². The standard InChI is InChI=1S/C22H17BrClN3O/c1-14-10-16(15(2)27(14)21-5-3-4-18(23)12-21)11-17(13-25)22(28)26-20-8-6-19(24)7-9-20/h3-12H,1-2H3,(H,26,28)/b17-11-. The molecule has 2 aromatic carbocycles. The Morgan fingerprint density at radius 1 is 1.18 bits per heavy atom. The highest BCUT2D eigenvalue weighted by Crippen LogP contribution is 2.25. The Hall–Kier alpha value is -2.81. The zero-order valence-electron chi connectivity index (χ0n) is 15.3. The SMILES string of the molecule is Cc1cc(/C=C(/C#N)C(=O)Nc2ccc(Cl)cc2)c(C)n1-c1cccc(Br)c1. The topological polar surface area (TPSA) is 57.8 Å². The lowest BCUT2D eigenvalue weighted by atomic mass is 10.1. The third-order valence-corrected chi connectivity index (χ3v) is 5.05. The molecular weight excluding hydrogens is 438 g/mol. The van der Waals surface area contributed by atoms with E-state index in [2.05, 4.69) is 25.8 Å². The summed E-state index contributed by atoms with van der Waals surface area (Å²) in [5.41, 5.74) is 4.40. The van der Waals surface area contributed by atoms with Crippen molar-refractivity contribution >= 4 is 45.2 Å². The number of carbonyl (C=O) groups is 1. The van der Waals surface area contributed by atoms with Crippen LogP contribution in [0.15, 0.2) is 64.6 Å². The molecule has 3 aromatic rings. The molecule has 0 fully saturated rings. The van der Waals surface area contributed by atoms with Gasteiger partial charge in [0.1, 0.15) is 11.6 Å². The first-order chi connectivity index (χ1) is 13.4. The van der Waals surface area contributed by atoms with Gasteiger partial charge in [-0.2, -0.15) is 5.26 Å². The van der Waals surface area contributed by atoms with Crippen molar-refractivity contribution in [2.45, 2.75) is 13.8 Å². The van der Waals surface area contributed by atoms with Crippen molar-refractivity contribution in [3.8, 4) is 11.8 Å². The predicted octanol–water partition coefficient (Wildman–Crippen LogP) is 6.06. The molecule has 0 aliphatic heterocycles. The number of aromatic nitrogens is 1. The van der Waals surface area contributed by atoms with Gasteiger partial charge >= 0.3 is 0 Å². The minimum Gasteiger partial charge on any atom is -0.321 e. The maximum Gasteiger partial charge on any atom is 0.266 e. The summed E-state index contributed by atoms with van der Waals surface area (Å²) in [6.45, 7) is 3.96. The van der Waals surface area contributed by atoms with Gasteiger partial charge in [-0.15, -0.1) is 0 Å². The molecule has 6 heteroatoms. The smallest absolute Gasteiger partial charge is 0.266 e. The van der Waals surface area contributed by atoms with Crippen molar-refractivity contribution in [2.24, 2.45) is 0 Å². The molecule has 1 amide bonds. The van der Waals surface area contributed by atoms with Crippen LogP contribution in [0.5, 0.6) is 0 Å². The number of hydrogen-bond acceptors (Lipinski definition) is 2. The Labute approximate surface area is 177 Å². The molecule has 0 aliphatic rings. The molecule has 0 aliphatic carbocycles. The first-order valence-electron chi connectivity index (χ1n) is 8.52. The molecule has 1 N–H and O–H groups in total. The third kappa shape index (κ3) is 4.36. The van der Waals surface area contributed by atoms with Crippen molar-refractivity contribution in [1.29, 1.82) is 5.26 Å². The molecule has 0 saturated heterocycles. The van der Waals surface area contributed by atoms with E-state index in [1.165, 1.54) is 0 Å². The summed E-state index contributed by atoms with van der Waals surface area (Å²) < 4.78 is 3.07. The fourth-order valence-electron chi connectivity index (χ4n) is 2.98. The van der Waals surface area contributed by atoms with Crippen LogP contribution in [0.4, 0.5) is 5.69 Å². The average molecular weight is 455 g/mol. The number of halogens is 2. The number of nitrogens with zero attached hydrogens (tertiary/aromatic N) is 2. The predicted molar refractivity (Wildman–Crippen MR) is 117 cm³/mol. The van der Waals surface area contributed by atoms with Crippen molar-refractivity contribution in [3.63, 3.8) is 0 Å². The van der Waals surface area contributed by atoms with Crippen LogP contribution in [-0.2, 0) is 4.79 Å². The molecule has 0 spiro atoms. The van der Waals surface area contributed by atoms with E-state index in [-0.39, 0.29) is 5.57 Å². The van der Waals surface area contributed by atoms with Gasteiger partial charge in [0.2, 0.25) is 0 Å². The van der Waals surface area contributed by atoms with Crippen molar-refractivity contribution in [3.05, 3.63) is 86.6 Å². The highest BCUT2D eigenvalue weighted by atomic mass is 79.9. The van der Waals surface area contributed by atoms with Crippen molar-refractivity contribution < 1.29 is 4.79 Å². The minimum absolute atomic E-state index is 0.0319. The summed E-state index contributed by atoms with van der Waals surface area (Å²) >= 11 is 9.35. The van der Waals surface area contributed by atoms with Crippen LogP contribution < -0.4 is 5.32 Å². The molecule has 4 nitrogen and oxygen atoms in total.